The quantitative estimate of drug-likeness (QED) is 0.649. The number of pyridine rings is 1. The maximum absolute atomic E-state index is 13.4. The lowest BCUT2D eigenvalue weighted by atomic mass is 9.95. The monoisotopic (exact) mass is 449 g/mol. The van der Waals surface area contributed by atoms with Gasteiger partial charge in [0.05, 0.1) is 23.2 Å². The van der Waals surface area contributed by atoms with Crippen molar-refractivity contribution < 1.29 is 4.79 Å². The molecule has 0 aliphatic carbocycles. The Kier molecular flexibility index (Phi) is 7.86. The number of rotatable bonds is 4. The predicted octanol–water partition coefficient (Wildman–Crippen LogP) is 4.12. The van der Waals surface area contributed by atoms with E-state index in [4.69, 9.17) is 5.73 Å². The van der Waals surface area contributed by atoms with Gasteiger partial charge < -0.3 is 10.6 Å². The van der Waals surface area contributed by atoms with Crippen molar-refractivity contribution in [3.05, 3.63) is 59.4 Å². The Hall–Kier alpha value is -2.15. The van der Waals surface area contributed by atoms with Crippen molar-refractivity contribution in [1.82, 2.24) is 19.7 Å². The molecule has 30 heavy (non-hydrogen) atoms. The first-order chi connectivity index (χ1) is 13.5. The summed E-state index contributed by atoms with van der Waals surface area (Å²) in [5.74, 6) is 0.166. The lowest BCUT2D eigenvalue weighted by molar-refractivity contribution is 0.0791. The van der Waals surface area contributed by atoms with Crippen molar-refractivity contribution in [2.75, 3.05) is 13.1 Å². The Morgan fingerprint density at radius 3 is 2.60 bits per heavy atom. The van der Waals surface area contributed by atoms with Gasteiger partial charge >= 0.3 is 0 Å². The van der Waals surface area contributed by atoms with Crippen LogP contribution in [0.15, 0.2) is 42.6 Å². The zero-order valence-corrected chi connectivity index (χ0v) is 19.1. The molecule has 1 aliphatic rings. The number of nitrogens with two attached hydrogens (primary N) is 1. The fourth-order valence-electron chi connectivity index (χ4n) is 4.03. The van der Waals surface area contributed by atoms with Crippen LogP contribution in [0, 0.1) is 6.92 Å². The molecule has 2 N–H and O–H groups in total. The largest absolute Gasteiger partial charge is 0.336 e. The van der Waals surface area contributed by atoms with Crippen LogP contribution in [-0.4, -0.2) is 44.7 Å². The molecule has 1 unspecified atom stereocenters. The fourth-order valence-corrected chi connectivity index (χ4v) is 4.03. The van der Waals surface area contributed by atoms with Gasteiger partial charge in [0.2, 0.25) is 0 Å². The summed E-state index contributed by atoms with van der Waals surface area (Å²) >= 11 is 0. The van der Waals surface area contributed by atoms with Crippen LogP contribution < -0.4 is 5.73 Å². The van der Waals surface area contributed by atoms with Gasteiger partial charge in [0, 0.05) is 30.7 Å². The summed E-state index contributed by atoms with van der Waals surface area (Å²) in [7, 11) is 0. The third kappa shape index (κ3) is 4.31. The zero-order chi connectivity index (χ0) is 19.8. The summed E-state index contributed by atoms with van der Waals surface area (Å²) in [6.07, 6.45) is 2.72. The van der Waals surface area contributed by atoms with Crippen LogP contribution in [-0.2, 0) is 0 Å². The molecule has 0 spiro atoms. The van der Waals surface area contributed by atoms with E-state index in [0.717, 1.165) is 23.1 Å². The van der Waals surface area contributed by atoms with Crippen LogP contribution >= 0.6 is 24.8 Å². The number of hydrogen-bond donors (Lipinski definition) is 1. The number of hydrogen-bond acceptors (Lipinski definition) is 4. The number of amides is 1. The van der Waals surface area contributed by atoms with Crippen LogP contribution in [0.4, 0.5) is 0 Å². The van der Waals surface area contributed by atoms with E-state index in [-0.39, 0.29) is 48.7 Å². The Morgan fingerprint density at radius 1 is 1.23 bits per heavy atom. The second-order valence-corrected chi connectivity index (χ2v) is 7.79. The summed E-state index contributed by atoms with van der Waals surface area (Å²) < 4.78 is 1.92. The molecule has 0 radical (unpaired) electrons. The van der Waals surface area contributed by atoms with Gasteiger partial charge in [-0.3, -0.25) is 4.79 Å². The number of likely N-dealkylation sites (tertiary alicyclic amines) is 1. The van der Waals surface area contributed by atoms with Crippen molar-refractivity contribution in [3.63, 3.8) is 0 Å². The first kappa shape index (κ1) is 24.1. The van der Waals surface area contributed by atoms with E-state index in [1.54, 1.807) is 6.20 Å². The van der Waals surface area contributed by atoms with Crippen molar-refractivity contribution in [1.29, 1.82) is 0 Å². The first-order valence-corrected chi connectivity index (χ1v) is 9.94. The van der Waals surface area contributed by atoms with E-state index < -0.39 is 0 Å². The Bertz CT molecular complexity index is 1010. The number of aryl methyl sites for hydroxylation is 1. The molecular formula is C22H29Cl2N5O. The second-order valence-electron chi connectivity index (χ2n) is 7.79. The predicted molar refractivity (Wildman–Crippen MR) is 125 cm³/mol. The van der Waals surface area contributed by atoms with E-state index in [1.807, 2.05) is 40.8 Å². The van der Waals surface area contributed by atoms with Crippen molar-refractivity contribution in [2.45, 2.75) is 45.2 Å². The summed E-state index contributed by atoms with van der Waals surface area (Å²) in [5, 5.41) is 5.33. The summed E-state index contributed by atoms with van der Waals surface area (Å²) in [5.41, 5.74) is 9.85. The first-order valence-electron chi connectivity index (χ1n) is 9.94. The van der Waals surface area contributed by atoms with E-state index in [9.17, 15) is 4.79 Å². The molecule has 1 saturated heterocycles. The van der Waals surface area contributed by atoms with E-state index in [0.29, 0.717) is 18.7 Å². The molecule has 1 amide bonds. The highest BCUT2D eigenvalue weighted by Gasteiger charge is 2.35. The van der Waals surface area contributed by atoms with Gasteiger partial charge in [-0.25, -0.2) is 9.67 Å². The number of fused-ring (bicyclic) bond motifs is 1. The summed E-state index contributed by atoms with van der Waals surface area (Å²) in [4.78, 5) is 19.9. The zero-order valence-electron chi connectivity index (χ0n) is 17.5. The molecule has 3 atom stereocenters. The molecule has 1 fully saturated rings. The average Bonchev–Trinajstić information content (AvgIpc) is 3.30. The molecule has 2 aromatic heterocycles. The number of aromatic nitrogens is 3. The summed E-state index contributed by atoms with van der Waals surface area (Å²) in [6.45, 7) is 7.34. The molecule has 1 aromatic carbocycles. The minimum Gasteiger partial charge on any atom is -0.336 e. The Balaban J connectivity index is 0.00000160. The number of nitrogens with zero attached hydrogens (tertiary/aromatic N) is 4. The van der Waals surface area contributed by atoms with Gasteiger partial charge in [-0.1, -0.05) is 37.3 Å². The lowest BCUT2D eigenvalue weighted by Crippen LogP contribution is -2.32. The molecule has 0 saturated carbocycles. The smallest absolute Gasteiger partial charge is 0.254 e. The number of carbonyl (C=O) groups excluding carboxylic acids is 1. The minimum atomic E-state index is -0.0624. The molecule has 162 valence electrons. The molecule has 8 heteroatoms. The fraction of sp³-hybridized carbons (Fsp3) is 0.409. The van der Waals surface area contributed by atoms with E-state index >= 15 is 0 Å². The van der Waals surface area contributed by atoms with E-state index in [1.165, 1.54) is 5.56 Å². The van der Waals surface area contributed by atoms with Gasteiger partial charge in [-0.05, 0) is 31.9 Å². The molecule has 0 bridgehead atoms. The number of benzene rings is 1. The van der Waals surface area contributed by atoms with Crippen LogP contribution in [0.3, 0.4) is 0 Å². The van der Waals surface area contributed by atoms with Crippen LogP contribution in [0.5, 0.6) is 0 Å². The number of carbonyl (C=O) groups is 1. The molecule has 3 heterocycles. The second kappa shape index (κ2) is 9.77. The Labute approximate surface area is 189 Å². The van der Waals surface area contributed by atoms with Crippen LogP contribution in [0.25, 0.3) is 11.0 Å². The third-order valence-corrected chi connectivity index (χ3v) is 5.81. The molecule has 6 nitrogen and oxygen atoms in total. The van der Waals surface area contributed by atoms with Gasteiger partial charge in [0.15, 0.2) is 5.65 Å². The highest BCUT2D eigenvalue weighted by Crippen LogP contribution is 2.29. The van der Waals surface area contributed by atoms with E-state index in [2.05, 4.69) is 36.1 Å². The van der Waals surface area contributed by atoms with Crippen molar-refractivity contribution in [3.8, 4) is 0 Å². The molecular weight excluding hydrogens is 421 g/mol. The highest BCUT2D eigenvalue weighted by molar-refractivity contribution is 6.05. The van der Waals surface area contributed by atoms with Crippen LogP contribution in [0.1, 0.15) is 53.8 Å². The standard InChI is InChI=1S/C22H27N5O.2ClH/c1-4-15(3)27-21-18(11-24-27)17(10-14(2)25-21)22(28)26-12-19(20(23)13-26)16-8-6-5-7-9-16;;/h5-11,15,19-20H,4,12-13,23H2,1-3H3;2*1H/t15?,19-,20+;;/m0../s1. The SMILES string of the molecule is CCC(C)n1ncc2c(C(=O)N3C[C@@H](N)[C@H](c4ccccc4)C3)cc(C)nc21.Cl.Cl. The normalized spacial score (nSPS) is 19.3. The Morgan fingerprint density at radius 2 is 1.93 bits per heavy atom. The van der Waals surface area contributed by atoms with Crippen molar-refractivity contribution >= 4 is 41.8 Å². The van der Waals surface area contributed by atoms with Crippen LogP contribution in [0.2, 0.25) is 0 Å². The molecule has 1 aliphatic heterocycles. The van der Waals surface area contributed by atoms with Gasteiger partial charge in [0.25, 0.3) is 5.91 Å². The lowest BCUT2D eigenvalue weighted by Gasteiger charge is -2.18. The molecule has 4 rings (SSSR count). The summed E-state index contributed by atoms with van der Waals surface area (Å²) in [6, 6.07) is 12.3. The van der Waals surface area contributed by atoms with Gasteiger partial charge in [-0.2, -0.15) is 5.10 Å². The maximum Gasteiger partial charge on any atom is 0.254 e. The average molecular weight is 450 g/mol. The van der Waals surface area contributed by atoms with Crippen molar-refractivity contribution in [2.24, 2.45) is 5.73 Å². The van der Waals surface area contributed by atoms with Gasteiger partial charge in [0.1, 0.15) is 0 Å². The highest BCUT2D eigenvalue weighted by atomic mass is 35.5. The van der Waals surface area contributed by atoms with Gasteiger partial charge in [-0.15, -0.1) is 24.8 Å². The topological polar surface area (TPSA) is 77.0 Å². The third-order valence-electron chi connectivity index (χ3n) is 5.81. The maximum atomic E-state index is 13.4. The molecule has 3 aromatic rings. The number of halogens is 2. The minimum absolute atomic E-state index is 0.